The van der Waals surface area contributed by atoms with E-state index in [1.165, 1.54) is 0 Å². The number of hydrogen-bond acceptors (Lipinski definition) is 3. The number of fused-ring (bicyclic) bond motifs is 1. The summed E-state index contributed by atoms with van der Waals surface area (Å²) in [7, 11) is 1.97. The van der Waals surface area contributed by atoms with Gasteiger partial charge in [0.15, 0.2) is 0 Å². The van der Waals surface area contributed by atoms with Crippen molar-refractivity contribution in [1.29, 1.82) is 0 Å². The number of carbonyl (C=O) groups is 1. The summed E-state index contributed by atoms with van der Waals surface area (Å²) >= 11 is 0. The minimum absolute atomic E-state index is 0.359. The third-order valence-electron chi connectivity index (χ3n) is 3.64. The van der Waals surface area contributed by atoms with E-state index < -0.39 is 5.97 Å². The van der Waals surface area contributed by atoms with Crippen LogP contribution in [0.15, 0.2) is 42.7 Å². The number of carboxylic acid groups (broad SMARTS) is 1. The van der Waals surface area contributed by atoms with Gasteiger partial charge in [-0.1, -0.05) is 18.2 Å². The molecule has 2 aromatic heterocycles. The number of carboxylic acids is 1. The van der Waals surface area contributed by atoms with E-state index in [9.17, 15) is 9.90 Å². The summed E-state index contributed by atoms with van der Waals surface area (Å²) in [5.41, 5.74) is 3.08. The zero-order chi connectivity index (χ0) is 14.8. The third kappa shape index (κ3) is 2.50. The molecule has 1 aromatic carbocycles. The molecule has 0 radical (unpaired) electrons. The Labute approximate surface area is 121 Å². The van der Waals surface area contributed by atoms with Gasteiger partial charge in [-0.2, -0.15) is 0 Å². The Balaban J connectivity index is 1.87. The smallest absolute Gasteiger partial charge is 0.335 e. The van der Waals surface area contributed by atoms with Gasteiger partial charge in [0, 0.05) is 19.7 Å². The Bertz CT molecular complexity index is 808. The second kappa shape index (κ2) is 5.36. The number of pyridine rings is 1. The number of rotatable bonds is 4. The van der Waals surface area contributed by atoms with Gasteiger partial charge in [0.2, 0.25) is 0 Å². The van der Waals surface area contributed by atoms with E-state index in [0.29, 0.717) is 18.4 Å². The summed E-state index contributed by atoms with van der Waals surface area (Å²) in [4.78, 5) is 19.8. The van der Waals surface area contributed by atoms with Crippen LogP contribution >= 0.6 is 0 Å². The topological polar surface area (TPSA) is 68.0 Å². The van der Waals surface area contributed by atoms with E-state index in [1.54, 1.807) is 24.5 Å². The standard InChI is InChI=1S/C16H15N3O2/c1-19-14-8-9-17-10-13(14)18-15(19)7-6-11-4-2-3-5-12(11)16(20)21/h2-5,8-10H,6-7H2,1H3,(H,20,21). The number of aromatic nitrogens is 3. The van der Waals surface area contributed by atoms with Crippen molar-refractivity contribution in [3.63, 3.8) is 0 Å². The summed E-state index contributed by atoms with van der Waals surface area (Å²) in [6.45, 7) is 0. The van der Waals surface area contributed by atoms with Gasteiger partial charge in [0.05, 0.1) is 17.3 Å². The molecule has 5 nitrogen and oxygen atoms in total. The minimum Gasteiger partial charge on any atom is -0.478 e. The molecule has 0 spiro atoms. The Morgan fingerprint density at radius 3 is 2.81 bits per heavy atom. The Morgan fingerprint density at radius 1 is 1.24 bits per heavy atom. The molecule has 21 heavy (non-hydrogen) atoms. The van der Waals surface area contributed by atoms with Gasteiger partial charge in [0.1, 0.15) is 11.3 Å². The number of aryl methyl sites for hydroxylation is 3. The van der Waals surface area contributed by atoms with Gasteiger partial charge in [-0.15, -0.1) is 0 Å². The minimum atomic E-state index is -0.889. The largest absolute Gasteiger partial charge is 0.478 e. The van der Waals surface area contributed by atoms with E-state index >= 15 is 0 Å². The fourth-order valence-electron chi connectivity index (χ4n) is 2.52. The molecule has 0 unspecified atom stereocenters. The lowest BCUT2D eigenvalue weighted by atomic mass is 10.0. The Hall–Kier alpha value is -2.69. The molecule has 0 bridgehead atoms. The summed E-state index contributed by atoms with van der Waals surface area (Å²) < 4.78 is 2.03. The fraction of sp³-hybridized carbons (Fsp3) is 0.188. The maximum Gasteiger partial charge on any atom is 0.335 e. The zero-order valence-electron chi connectivity index (χ0n) is 11.7. The highest BCUT2D eigenvalue weighted by Crippen LogP contribution is 2.16. The van der Waals surface area contributed by atoms with Gasteiger partial charge in [-0.25, -0.2) is 9.78 Å². The van der Waals surface area contributed by atoms with Crippen LogP contribution in [0.4, 0.5) is 0 Å². The first-order valence-corrected chi connectivity index (χ1v) is 6.73. The molecule has 0 saturated heterocycles. The molecule has 0 aliphatic carbocycles. The van der Waals surface area contributed by atoms with Crippen LogP contribution in [0.25, 0.3) is 11.0 Å². The molecular formula is C16H15N3O2. The van der Waals surface area contributed by atoms with Crippen LogP contribution in [0.2, 0.25) is 0 Å². The maximum atomic E-state index is 11.2. The van der Waals surface area contributed by atoms with Crippen LogP contribution in [0, 0.1) is 0 Å². The molecule has 3 rings (SSSR count). The fourth-order valence-corrected chi connectivity index (χ4v) is 2.52. The van der Waals surface area contributed by atoms with Crippen LogP contribution < -0.4 is 0 Å². The van der Waals surface area contributed by atoms with E-state index in [2.05, 4.69) is 9.97 Å². The Morgan fingerprint density at radius 2 is 2.05 bits per heavy atom. The molecule has 0 amide bonds. The average molecular weight is 281 g/mol. The van der Waals surface area contributed by atoms with Crippen molar-refractivity contribution >= 4 is 17.0 Å². The van der Waals surface area contributed by atoms with Crippen LogP contribution in [-0.2, 0) is 19.9 Å². The first-order valence-electron chi connectivity index (χ1n) is 6.73. The predicted octanol–water partition coefficient (Wildman–Crippen LogP) is 2.45. The number of hydrogen-bond donors (Lipinski definition) is 1. The van der Waals surface area contributed by atoms with Gasteiger partial charge in [0.25, 0.3) is 0 Å². The van der Waals surface area contributed by atoms with Crippen LogP contribution in [0.5, 0.6) is 0 Å². The van der Waals surface area contributed by atoms with E-state index in [4.69, 9.17) is 0 Å². The second-order valence-corrected chi connectivity index (χ2v) is 4.91. The summed E-state index contributed by atoms with van der Waals surface area (Å²) in [6, 6.07) is 9.02. The van der Waals surface area contributed by atoms with Crippen LogP contribution in [0.1, 0.15) is 21.7 Å². The molecule has 5 heteroatoms. The number of aromatic carboxylic acids is 1. The van der Waals surface area contributed by atoms with Crippen molar-refractivity contribution in [1.82, 2.24) is 14.5 Å². The molecule has 2 heterocycles. The highest BCUT2D eigenvalue weighted by Gasteiger charge is 2.11. The molecular weight excluding hydrogens is 266 g/mol. The van der Waals surface area contributed by atoms with Crippen molar-refractivity contribution in [2.24, 2.45) is 7.05 Å². The molecule has 106 valence electrons. The quantitative estimate of drug-likeness (QED) is 0.797. The molecule has 0 fully saturated rings. The SMILES string of the molecule is Cn1c(CCc2ccccc2C(=O)O)nc2cnccc21. The lowest BCUT2D eigenvalue weighted by Gasteiger charge is -2.06. The van der Waals surface area contributed by atoms with Crippen LogP contribution in [-0.4, -0.2) is 25.6 Å². The highest BCUT2D eigenvalue weighted by molar-refractivity contribution is 5.89. The molecule has 0 atom stereocenters. The van der Waals surface area contributed by atoms with Gasteiger partial charge in [-0.3, -0.25) is 4.98 Å². The highest BCUT2D eigenvalue weighted by atomic mass is 16.4. The second-order valence-electron chi connectivity index (χ2n) is 4.91. The average Bonchev–Trinajstić information content (AvgIpc) is 2.82. The zero-order valence-corrected chi connectivity index (χ0v) is 11.7. The monoisotopic (exact) mass is 281 g/mol. The first kappa shape index (κ1) is 13.3. The van der Waals surface area contributed by atoms with Crippen molar-refractivity contribution in [2.75, 3.05) is 0 Å². The van der Waals surface area contributed by atoms with E-state index in [0.717, 1.165) is 22.4 Å². The molecule has 0 aliphatic heterocycles. The molecule has 0 aliphatic rings. The molecule has 1 N–H and O–H groups in total. The lowest BCUT2D eigenvalue weighted by Crippen LogP contribution is -2.05. The van der Waals surface area contributed by atoms with Gasteiger partial charge >= 0.3 is 5.97 Å². The predicted molar refractivity (Wildman–Crippen MR) is 79.3 cm³/mol. The van der Waals surface area contributed by atoms with Crippen LogP contribution in [0.3, 0.4) is 0 Å². The number of nitrogens with zero attached hydrogens (tertiary/aromatic N) is 3. The summed E-state index contributed by atoms with van der Waals surface area (Å²) in [5.74, 6) is 0.0398. The lowest BCUT2D eigenvalue weighted by molar-refractivity contribution is 0.0695. The van der Waals surface area contributed by atoms with E-state index in [-0.39, 0.29) is 0 Å². The van der Waals surface area contributed by atoms with Gasteiger partial charge < -0.3 is 9.67 Å². The van der Waals surface area contributed by atoms with Crippen molar-refractivity contribution in [2.45, 2.75) is 12.8 Å². The first-order chi connectivity index (χ1) is 10.2. The normalized spacial score (nSPS) is 10.9. The van der Waals surface area contributed by atoms with Crippen molar-refractivity contribution in [3.8, 4) is 0 Å². The number of benzene rings is 1. The molecule has 0 saturated carbocycles. The maximum absolute atomic E-state index is 11.2. The van der Waals surface area contributed by atoms with Crippen molar-refractivity contribution in [3.05, 3.63) is 59.7 Å². The summed E-state index contributed by atoms with van der Waals surface area (Å²) in [6.07, 6.45) is 4.82. The summed E-state index contributed by atoms with van der Waals surface area (Å²) in [5, 5.41) is 9.20. The Kier molecular flexibility index (Phi) is 3.39. The van der Waals surface area contributed by atoms with Crippen molar-refractivity contribution < 1.29 is 9.90 Å². The van der Waals surface area contributed by atoms with Gasteiger partial charge in [-0.05, 0) is 24.1 Å². The number of imidazole rings is 1. The third-order valence-corrected chi connectivity index (χ3v) is 3.64. The molecule has 3 aromatic rings. The van der Waals surface area contributed by atoms with E-state index in [1.807, 2.05) is 29.8 Å².